The van der Waals surface area contributed by atoms with Gasteiger partial charge in [0.25, 0.3) is 0 Å². The van der Waals surface area contributed by atoms with E-state index >= 15 is 0 Å². The van der Waals surface area contributed by atoms with Gasteiger partial charge in [-0.05, 0) is 20.3 Å². The summed E-state index contributed by atoms with van der Waals surface area (Å²) in [5, 5.41) is 0. The lowest BCUT2D eigenvalue weighted by Gasteiger charge is -2.19. The summed E-state index contributed by atoms with van der Waals surface area (Å²) in [7, 11) is 0. The van der Waals surface area contributed by atoms with Gasteiger partial charge in [0.05, 0.1) is 4.75 Å². The maximum absolute atomic E-state index is 10.9. The first kappa shape index (κ1) is 15.1. The van der Waals surface area contributed by atoms with Crippen LogP contribution >= 0.6 is 0 Å². The van der Waals surface area contributed by atoms with Gasteiger partial charge in [0.15, 0.2) is 11.1 Å². The second-order valence-corrected chi connectivity index (χ2v) is 6.48. The van der Waals surface area contributed by atoms with Gasteiger partial charge in [-0.25, -0.2) is 4.21 Å². The Morgan fingerprint density at radius 3 is 1.93 bits per heavy atom. The van der Waals surface area contributed by atoms with Crippen LogP contribution in [0, 0.1) is 0 Å². The van der Waals surface area contributed by atoms with E-state index in [1.54, 1.807) is 0 Å². The van der Waals surface area contributed by atoms with Crippen LogP contribution in [0.1, 0.15) is 72.1 Å². The molecule has 2 nitrogen and oxygen atoms in total. The van der Waals surface area contributed by atoms with Crippen molar-refractivity contribution in [2.75, 3.05) is 0 Å². The summed E-state index contributed by atoms with van der Waals surface area (Å²) in [5.41, 5.74) is 0. The molecular formula is C12H26O2S. The maximum atomic E-state index is 10.9. The lowest BCUT2D eigenvalue weighted by molar-refractivity contribution is 0.478. The van der Waals surface area contributed by atoms with Gasteiger partial charge in [0.2, 0.25) is 0 Å². The largest absolute Gasteiger partial charge is 0.306 e. The zero-order valence-corrected chi connectivity index (χ0v) is 11.2. The fourth-order valence-corrected chi connectivity index (χ4v) is 1.91. The molecule has 0 saturated carbocycles. The Morgan fingerprint density at radius 2 is 1.47 bits per heavy atom. The zero-order valence-electron chi connectivity index (χ0n) is 10.4. The first-order valence-corrected chi connectivity index (χ1v) is 7.22. The van der Waals surface area contributed by atoms with Gasteiger partial charge in [-0.3, -0.25) is 0 Å². The summed E-state index contributed by atoms with van der Waals surface area (Å²) in [5.74, 6) is 0. The lowest BCUT2D eigenvalue weighted by atomic mass is 10.0. The van der Waals surface area contributed by atoms with Crippen LogP contribution in [0.15, 0.2) is 0 Å². The van der Waals surface area contributed by atoms with Crippen molar-refractivity contribution >= 4 is 11.1 Å². The molecule has 0 aliphatic heterocycles. The van der Waals surface area contributed by atoms with Crippen molar-refractivity contribution < 1.29 is 8.76 Å². The monoisotopic (exact) mass is 234 g/mol. The van der Waals surface area contributed by atoms with Gasteiger partial charge in [-0.1, -0.05) is 51.9 Å². The molecule has 0 fully saturated rings. The summed E-state index contributed by atoms with van der Waals surface area (Å²) in [4.78, 5) is 0. The molecular weight excluding hydrogens is 208 g/mol. The van der Waals surface area contributed by atoms with Crippen LogP contribution in [-0.4, -0.2) is 13.5 Å². The average Bonchev–Trinajstić information content (AvgIpc) is 2.16. The van der Waals surface area contributed by atoms with Crippen molar-refractivity contribution in [1.82, 2.24) is 0 Å². The third-order valence-corrected chi connectivity index (χ3v) is 4.00. The summed E-state index contributed by atoms with van der Waals surface area (Å²) in [6.07, 6.45) is 9.68. The molecule has 0 aromatic carbocycles. The quantitative estimate of drug-likeness (QED) is 0.481. The molecule has 0 radical (unpaired) electrons. The molecule has 0 heterocycles. The molecule has 0 amide bonds. The van der Waals surface area contributed by atoms with E-state index in [9.17, 15) is 4.21 Å². The minimum Gasteiger partial charge on any atom is -0.306 e. The minimum absolute atomic E-state index is 0.427. The van der Waals surface area contributed by atoms with Crippen molar-refractivity contribution in [2.24, 2.45) is 0 Å². The topological polar surface area (TPSA) is 37.3 Å². The summed E-state index contributed by atoms with van der Waals surface area (Å²) >= 11 is -1.69. The molecule has 1 unspecified atom stereocenters. The fourth-order valence-electron chi connectivity index (χ4n) is 1.60. The van der Waals surface area contributed by atoms with E-state index in [1.807, 2.05) is 13.8 Å². The van der Waals surface area contributed by atoms with Crippen LogP contribution < -0.4 is 0 Å². The Balaban J connectivity index is 3.35. The Labute approximate surface area is 97.1 Å². The van der Waals surface area contributed by atoms with E-state index in [-0.39, 0.29) is 0 Å². The number of unbranched alkanes of at least 4 members (excludes halogenated alkanes) is 6. The van der Waals surface area contributed by atoms with Crippen molar-refractivity contribution in [1.29, 1.82) is 0 Å². The van der Waals surface area contributed by atoms with E-state index < -0.39 is 15.8 Å². The van der Waals surface area contributed by atoms with Crippen LogP contribution in [-0.2, 0) is 11.1 Å². The smallest absolute Gasteiger partial charge is 0.158 e. The normalized spacial score (nSPS) is 14.1. The predicted octanol–water partition coefficient (Wildman–Crippen LogP) is 4.13. The first-order chi connectivity index (χ1) is 7.00. The summed E-state index contributed by atoms with van der Waals surface area (Å²) < 4.78 is 19.5. The maximum Gasteiger partial charge on any atom is 0.158 e. The van der Waals surface area contributed by atoms with E-state index in [0.717, 1.165) is 12.8 Å². The third kappa shape index (κ3) is 7.97. The van der Waals surface area contributed by atoms with E-state index in [2.05, 4.69) is 6.92 Å². The molecule has 0 spiro atoms. The van der Waals surface area contributed by atoms with Crippen molar-refractivity contribution in [3.63, 3.8) is 0 Å². The second kappa shape index (κ2) is 8.28. The fraction of sp³-hybridized carbons (Fsp3) is 1.00. The highest BCUT2D eigenvalue weighted by atomic mass is 32.2. The molecule has 0 saturated heterocycles. The summed E-state index contributed by atoms with van der Waals surface area (Å²) in [6, 6.07) is 0. The second-order valence-electron chi connectivity index (χ2n) is 4.88. The minimum atomic E-state index is -1.69. The SMILES string of the molecule is CCCCCCCCCC(C)(C)S(=O)O. The standard InChI is InChI=1S/C12H26O2S/c1-4-5-6-7-8-9-10-11-12(2,3)15(13)14/h4-11H2,1-3H3,(H,13,14). The third-order valence-electron chi connectivity index (χ3n) is 2.86. The predicted molar refractivity (Wildman–Crippen MR) is 67.5 cm³/mol. The molecule has 0 bridgehead atoms. The van der Waals surface area contributed by atoms with Gasteiger partial charge in [0.1, 0.15) is 0 Å². The van der Waals surface area contributed by atoms with E-state index in [0.29, 0.717) is 0 Å². The van der Waals surface area contributed by atoms with Crippen molar-refractivity contribution in [3.05, 3.63) is 0 Å². The molecule has 3 heteroatoms. The van der Waals surface area contributed by atoms with Crippen LogP contribution in [0.25, 0.3) is 0 Å². The molecule has 92 valence electrons. The van der Waals surface area contributed by atoms with Gasteiger partial charge in [-0.2, -0.15) is 0 Å². The highest BCUT2D eigenvalue weighted by Gasteiger charge is 2.23. The summed E-state index contributed by atoms with van der Waals surface area (Å²) in [6.45, 7) is 5.94. The molecule has 0 rings (SSSR count). The van der Waals surface area contributed by atoms with Crippen molar-refractivity contribution in [3.8, 4) is 0 Å². The molecule has 0 aliphatic carbocycles. The Hall–Kier alpha value is 0.110. The molecule has 1 N–H and O–H groups in total. The Bertz CT molecular complexity index is 178. The Morgan fingerprint density at radius 1 is 1.00 bits per heavy atom. The van der Waals surface area contributed by atoms with Crippen LogP contribution in [0.4, 0.5) is 0 Å². The van der Waals surface area contributed by atoms with Gasteiger partial charge >= 0.3 is 0 Å². The van der Waals surface area contributed by atoms with Gasteiger partial charge < -0.3 is 4.55 Å². The highest BCUT2D eigenvalue weighted by molar-refractivity contribution is 7.80. The number of hydrogen-bond acceptors (Lipinski definition) is 1. The number of rotatable bonds is 9. The molecule has 0 aliphatic rings. The van der Waals surface area contributed by atoms with Crippen LogP contribution in [0.2, 0.25) is 0 Å². The van der Waals surface area contributed by atoms with E-state index in [1.165, 1.54) is 38.5 Å². The molecule has 15 heavy (non-hydrogen) atoms. The van der Waals surface area contributed by atoms with Gasteiger partial charge in [0, 0.05) is 0 Å². The highest BCUT2D eigenvalue weighted by Crippen LogP contribution is 2.20. The van der Waals surface area contributed by atoms with Gasteiger partial charge in [-0.15, -0.1) is 0 Å². The molecule has 0 aromatic rings. The van der Waals surface area contributed by atoms with Crippen LogP contribution in [0.5, 0.6) is 0 Å². The molecule has 0 aromatic heterocycles. The zero-order chi connectivity index (χ0) is 11.7. The Kier molecular flexibility index (Phi) is 8.34. The van der Waals surface area contributed by atoms with Crippen molar-refractivity contribution in [2.45, 2.75) is 76.9 Å². The van der Waals surface area contributed by atoms with E-state index in [4.69, 9.17) is 4.55 Å². The lowest BCUT2D eigenvalue weighted by Crippen LogP contribution is -2.25. The first-order valence-electron chi connectivity index (χ1n) is 6.11. The number of hydrogen-bond donors (Lipinski definition) is 1. The molecule has 1 atom stereocenters. The average molecular weight is 234 g/mol. The van der Waals surface area contributed by atoms with Crippen LogP contribution in [0.3, 0.4) is 0 Å².